The first-order valence-corrected chi connectivity index (χ1v) is 6.34. The van der Waals surface area contributed by atoms with Crippen molar-refractivity contribution in [2.24, 2.45) is 0 Å². The van der Waals surface area contributed by atoms with Crippen LogP contribution in [0.4, 0.5) is 0 Å². The fourth-order valence-electron chi connectivity index (χ4n) is 1.56. The number of likely N-dealkylation sites (N-methyl/N-ethyl adjacent to an activating group) is 1. The molecule has 0 spiro atoms. The van der Waals surface area contributed by atoms with Gasteiger partial charge in [0.2, 0.25) is 0 Å². The third-order valence-electron chi connectivity index (χ3n) is 2.83. The molecule has 4 heteroatoms. The van der Waals surface area contributed by atoms with Crippen LogP contribution in [0.5, 0.6) is 0 Å². The third-order valence-corrected chi connectivity index (χ3v) is 3.33. The Morgan fingerprint density at radius 3 is 2.82 bits per heavy atom. The van der Waals surface area contributed by atoms with E-state index in [0.717, 1.165) is 10.0 Å². The van der Waals surface area contributed by atoms with Gasteiger partial charge in [0, 0.05) is 17.1 Å². The van der Waals surface area contributed by atoms with Crippen LogP contribution in [0.2, 0.25) is 0 Å². The van der Waals surface area contributed by atoms with Gasteiger partial charge in [0.1, 0.15) is 0 Å². The minimum Gasteiger partial charge on any atom is -0.387 e. The fraction of sp³-hybridized carbons (Fsp3) is 0.462. The first kappa shape index (κ1) is 14.2. The van der Waals surface area contributed by atoms with Crippen molar-refractivity contribution >= 4 is 15.9 Å². The van der Waals surface area contributed by atoms with Crippen LogP contribution < -0.4 is 0 Å². The monoisotopic (exact) mass is 296 g/mol. The molecule has 2 unspecified atom stereocenters. The minimum absolute atomic E-state index is 0.154. The lowest BCUT2D eigenvalue weighted by molar-refractivity contribution is 0.109. The molecule has 0 aliphatic rings. The van der Waals surface area contributed by atoms with Crippen molar-refractivity contribution in [3.05, 3.63) is 34.3 Å². The molecule has 0 fully saturated rings. The summed E-state index contributed by atoms with van der Waals surface area (Å²) in [7, 11) is 1.92. The van der Waals surface area contributed by atoms with Crippen LogP contribution in [0.3, 0.4) is 0 Å². The molecule has 1 aromatic rings. The first-order chi connectivity index (χ1) is 8.04. The Morgan fingerprint density at radius 1 is 1.53 bits per heavy atom. The SMILES string of the molecule is CC(CC#N)N(C)CC(O)c1cccc(Br)c1. The number of hydrogen-bond donors (Lipinski definition) is 1. The van der Waals surface area contributed by atoms with E-state index in [1.54, 1.807) is 0 Å². The average Bonchev–Trinajstić information content (AvgIpc) is 2.29. The van der Waals surface area contributed by atoms with E-state index in [4.69, 9.17) is 5.26 Å². The van der Waals surface area contributed by atoms with Gasteiger partial charge in [-0.15, -0.1) is 0 Å². The van der Waals surface area contributed by atoms with E-state index in [9.17, 15) is 5.11 Å². The van der Waals surface area contributed by atoms with Gasteiger partial charge in [-0.2, -0.15) is 5.26 Å². The van der Waals surface area contributed by atoms with Crippen molar-refractivity contribution in [2.75, 3.05) is 13.6 Å². The Kier molecular flexibility index (Phi) is 5.63. The summed E-state index contributed by atoms with van der Waals surface area (Å²) in [5.41, 5.74) is 0.885. The Bertz CT molecular complexity index is 403. The smallest absolute Gasteiger partial charge is 0.0917 e. The van der Waals surface area contributed by atoms with Crippen LogP contribution in [0.15, 0.2) is 28.7 Å². The maximum absolute atomic E-state index is 10.1. The van der Waals surface area contributed by atoms with Gasteiger partial charge in [0.15, 0.2) is 0 Å². The molecular weight excluding hydrogens is 280 g/mol. The Balaban J connectivity index is 2.60. The van der Waals surface area contributed by atoms with Crippen molar-refractivity contribution in [2.45, 2.75) is 25.5 Å². The molecule has 92 valence electrons. The lowest BCUT2D eigenvalue weighted by atomic mass is 10.1. The maximum atomic E-state index is 10.1. The highest BCUT2D eigenvalue weighted by molar-refractivity contribution is 9.10. The van der Waals surface area contributed by atoms with Crippen molar-refractivity contribution in [3.63, 3.8) is 0 Å². The summed E-state index contributed by atoms with van der Waals surface area (Å²) in [5.74, 6) is 0. The van der Waals surface area contributed by atoms with Crippen LogP contribution in [-0.2, 0) is 0 Å². The molecule has 0 saturated heterocycles. The summed E-state index contributed by atoms with van der Waals surface area (Å²) in [6.07, 6.45) is -0.0551. The molecule has 0 heterocycles. The Hall–Kier alpha value is -0.890. The van der Waals surface area contributed by atoms with E-state index in [2.05, 4.69) is 22.0 Å². The summed E-state index contributed by atoms with van der Waals surface area (Å²) in [6.45, 7) is 2.51. The van der Waals surface area contributed by atoms with E-state index in [0.29, 0.717) is 13.0 Å². The minimum atomic E-state index is -0.529. The van der Waals surface area contributed by atoms with E-state index in [1.165, 1.54) is 0 Å². The van der Waals surface area contributed by atoms with Gasteiger partial charge < -0.3 is 5.11 Å². The highest BCUT2D eigenvalue weighted by atomic mass is 79.9. The van der Waals surface area contributed by atoms with Gasteiger partial charge in [0.05, 0.1) is 18.6 Å². The number of hydrogen-bond acceptors (Lipinski definition) is 3. The number of aliphatic hydroxyl groups is 1. The molecule has 0 aliphatic carbocycles. The number of nitriles is 1. The number of rotatable bonds is 5. The molecule has 0 radical (unpaired) electrons. The normalized spacial score (nSPS) is 14.4. The van der Waals surface area contributed by atoms with Crippen LogP contribution >= 0.6 is 15.9 Å². The largest absolute Gasteiger partial charge is 0.387 e. The van der Waals surface area contributed by atoms with Crippen molar-refractivity contribution < 1.29 is 5.11 Å². The van der Waals surface area contributed by atoms with Gasteiger partial charge in [-0.25, -0.2) is 0 Å². The second-order valence-electron chi connectivity index (χ2n) is 4.22. The topological polar surface area (TPSA) is 47.3 Å². The zero-order chi connectivity index (χ0) is 12.8. The molecule has 0 aromatic heterocycles. The standard InChI is InChI=1S/C13H17BrN2O/c1-10(6-7-15)16(2)9-13(17)11-4-3-5-12(14)8-11/h3-5,8,10,13,17H,6,9H2,1-2H3. The Morgan fingerprint density at radius 2 is 2.24 bits per heavy atom. The zero-order valence-electron chi connectivity index (χ0n) is 10.1. The van der Waals surface area contributed by atoms with Gasteiger partial charge in [-0.1, -0.05) is 28.1 Å². The number of benzene rings is 1. The molecule has 0 saturated carbocycles. The van der Waals surface area contributed by atoms with Crippen molar-refractivity contribution in [1.29, 1.82) is 5.26 Å². The second kappa shape index (κ2) is 6.75. The predicted octanol–water partition coefficient (Wildman–Crippen LogP) is 2.72. The first-order valence-electron chi connectivity index (χ1n) is 5.55. The predicted molar refractivity (Wildman–Crippen MR) is 71.4 cm³/mol. The van der Waals surface area contributed by atoms with Crippen LogP contribution in [0.1, 0.15) is 25.0 Å². The molecule has 1 N–H and O–H groups in total. The van der Waals surface area contributed by atoms with Crippen LogP contribution in [0, 0.1) is 11.3 Å². The quantitative estimate of drug-likeness (QED) is 0.909. The third kappa shape index (κ3) is 4.47. The van der Waals surface area contributed by atoms with E-state index < -0.39 is 6.10 Å². The van der Waals surface area contributed by atoms with E-state index in [-0.39, 0.29) is 6.04 Å². The van der Waals surface area contributed by atoms with E-state index >= 15 is 0 Å². The number of aliphatic hydroxyl groups excluding tert-OH is 1. The molecular formula is C13H17BrN2O. The molecule has 3 nitrogen and oxygen atoms in total. The maximum Gasteiger partial charge on any atom is 0.0917 e. The second-order valence-corrected chi connectivity index (χ2v) is 5.14. The van der Waals surface area contributed by atoms with Gasteiger partial charge in [-0.05, 0) is 31.7 Å². The summed E-state index contributed by atoms with van der Waals surface area (Å²) in [6, 6.07) is 9.94. The summed E-state index contributed by atoms with van der Waals surface area (Å²) >= 11 is 3.38. The Labute approximate surface area is 111 Å². The molecule has 0 bridgehead atoms. The number of nitrogens with zero attached hydrogens (tertiary/aromatic N) is 2. The summed E-state index contributed by atoms with van der Waals surface area (Å²) in [4.78, 5) is 1.99. The van der Waals surface area contributed by atoms with Crippen molar-refractivity contribution in [1.82, 2.24) is 4.90 Å². The molecule has 1 rings (SSSR count). The molecule has 0 aliphatic heterocycles. The van der Waals surface area contributed by atoms with Gasteiger partial charge in [-0.3, -0.25) is 4.90 Å². The zero-order valence-corrected chi connectivity index (χ0v) is 11.7. The van der Waals surface area contributed by atoms with E-state index in [1.807, 2.05) is 43.1 Å². The van der Waals surface area contributed by atoms with Gasteiger partial charge in [0.25, 0.3) is 0 Å². The molecule has 2 atom stereocenters. The van der Waals surface area contributed by atoms with Crippen LogP contribution in [0.25, 0.3) is 0 Å². The summed E-state index contributed by atoms with van der Waals surface area (Å²) in [5, 5.41) is 18.7. The van der Waals surface area contributed by atoms with Crippen molar-refractivity contribution in [3.8, 4) is 6.07 Å². The summed E-state index contributed by atoms with van der Waals surface area (Å²) < 4.78 is 0.960. The molecule has 0 amide bonds. The van der Waals surface area contributed by atoms with Crippen LogP contribution in [-0.4, -0.2) is 29.6 Å². The molecule has 17 heavy (non-hydrogen) atoms. The fourth-order valence-corrected chi connectivity index (χ4v) is 1.98. The average molecular weight is 297 g/mol. The molecule has 1 aromatic carbocycles. The van der Waals surface area contributed by atoms with Gasteiger partial charge >= 0.3 is 0 Å². The highest BCUT2D eigenvalue weighted by Gasteiger charge is 2.15. The lowest BCUT2D eigenvalue weighted by Gasteiger charge is -2.25. The number of halogens is 1. The highest BCUT2D eigenvalue weighted by Crippen LogP contribution is 2.19. The lowest BCUT2D eigenvalue weighted by Crippen LogP contribution is -2.32.